The lowest BCUT2D eigenvalue weighted by Gasteiger charge is -2.41. The van der Waals surface area contributed by atoms with E-state index in [1.54, 1.807) is 29.2 Å². The van der Waals surface area contributed by atoms with E-state index in [9.17, 15) is 9.59 Å². The molecule has 0 bridgehead atoms. The number of amides is 1. The van der Waals surface area contributed by atoms with Crippen molar-refractivity contribution in [1.29, 1.82) is 0 Å². The molecule has 1 aromatic heterocycles. The summed E-state index contributed by atoms with van der Waals surface area (Å²) >= 11 is 6.26. The molecule has 1 amide bonds. The van der Waals surface area contributed by atoms with Gasteiger partial charge in [-0.1, -0.05) is 29.8 Å². The van der Waals surface area contributed by atoms with Gasteiger partial charge in [0.15, 0.2) is 5.75 Å². The zero-order valence-electron chi connectivity index (χ0n) is 22.7. The summed E-state index contributed by atoms with van der Waals surface area (Å²) in [5.41, 5.74) is 8.18. The van der Waals surface area contributed by atoms with Gasteiger partial charge in [-0.2, -0.15) is 0 Å². The minimum atomic E-state index is -0.606. The van der Waals surface area contributed by atoms with Crippen LogP contribution in [0.3, 0.4) is 0 Å². The molecule has 10 heteroatoms. The number of nitrogen functional groups attached to an aromatic ring is 1. The first-order valence-electron chi connectivity index (χ1n) is 12.6. The summed E-state index contributed by atoms with van der Waals surface area (Å²) in [5.74, 6) is 0.373. The molecular weight excluding hydrogens is 520 g/mol. The van der Waals surface area contributed by atoms with Crippen molar-refractivity contribution in [2.24, 2.45) is 0 Å². The van der Waals surface area contributed by atoms with Crippen LogP contribution in [0.1, 0.15) is 38.1 Å². The van der Waals surface area contributed by atoms with Crippen LogP contribution in [0.2, 0.25) is 5.02 Å². The second-order valence-corrected chi connectivity index (χ2v) is 10.7. The molecule has 0 radical (unpaired) electrons. The molecule has 1 aliphatic heterocycles. The van der Waals surface area contributed by atoms with E-state index in [1.807, 2.05) is 52.0 Å². The lowest BCUT2D eigenvalue weighted by atomic mass is 10.0. The van der Waals surface area contributed by atoms with Crippen molar-refractivity contribution in [3.63, 3.8) is 0 Å². The van der Waals surface area contributed by atoms with Crippen molar-refractivity contribution in [3.8, 4) is 22.6 Å². The van der Waals surface area contributed by atoms with Gasteiger partial charge in [-0.3, -0.25) is 0 Å². The van der Waals surface area contributed by atoms with Gasteiger partial charge in [-0.05, 0) is 63.6 Å². The van der Waals surface area contributed by atoms with Crippen molar-refractivity contribution < 1.29 is 23.8 Å². The molecule has 0 saturated carbocycles. The number of piperazine rings is 1. The summed E-state index contributed by atoms with van der Waals surface area (Å²) in [6, 6.07) is 14.6. The second kappa shape index (κ2) is 11.4. The van der Waals surface area contributed by atoms with Crippen molar-refractivity contribution in [3.05, 3.63) is 65.3 Å². The molecule has 2 N–H and O–H groups in total. The Morgan fingerprint density at radius 1 is 1.08 bits per heavy atom. The summed E-state index contributed by atoms with van der Waals surface area (Å²) in [4.78, 5) is 33.1. The molecule has 3 aromatic rings. The van der Waals surface area contributed by atoms with Gasteiger partial charge in [0.25, 0.3) is 0 Å². The van der Waals surface area contributed by atoms with E-state index in [-0.39, 0.29) is 28.5 Å². The number of carbonyl (C=O) groups excluding carboxylic acids is 2. The molecule has 206 valence electrons. The molecule has 2 aromatic carbocycles. The highest BCUT2D eigenvalue weighted by Crippen LogP contribution is 2.37. The molecule has 1 fully saturated rings. The minimum Gasteiger partial charge on any atom is -0.465 e. The number of anilines is 2. The van der Waals surface area contributed by atoms with Gasteiger partial charge >= 0.3 is 12.1 Å². The predicted molar refractivity (Wildman–Crippen MR) is 152 cm³/mol. The quantitative estimate of drug-likeness (QED) is 0.383. The maximum absolute atomic E-state index is 12.6. The van der Waals surface area contributed by atoms with Gasteiger partial charge in [-0.15, -0.1) is 0 Å². The van der Waals surface area contributed by atoms with Crippen LogP contribution < -0.4 is 15.4 Å². The van der Waals surface area contributed by atoms with Crippen LogP contribution >= 0.6 is 11.6 Å². The number of pyridine rings is 1. The van der Waals surface area contributed by atoms with Crippen molar-refractivity contribution in [2.75, 3.05) is 37.4 Å². The number of rotatable bonds is 5. The number of aromatic nitrogens is 1. The zero-order valence-corrected chi connectivity index (χ0v) is 23.5. The fraction of sp³-hybridized carbons (Fsp3) is 0.345. The first-order chi connectivity index (χ1) is 18.5. The number of hydrogen-bond donors (Lipinski definition) is 1. The van der Waals surface area contributed by atoms with Gasteiger partial charge in [0, 0.05) is 36.9 Å². The highest BCUT2D eigenvalue weighted by molar-refractivity contribution is 6.34. The number of carbonyl (C=O) groups is 2. The van der Waals surface area contributed by atoms with E-state index in [4.69, 9.17) is 31.5 Å². The second-order valence-electron chi connectivity index (χ2n) is 10.3. The Morgan fingerprint density at radius 3 is 2.44 bits per heavy atom. The van der Waals surface area contributed by atoms with Crippen molar-refractivity contribution in [1.82, 2.24) is 9.88 Å². The van der Waals surface area contributed by atoms with Gasteiger partial charge in [0.05, 0.1) is 18.3 Å². The first-order valence-corrected chi connectivity index (χ1v) is 13.0. The molecule has 1 atom stereocenters. The number of nitrogens with zero attached hydrogens (tertiary/aromatic N) is 3. The molecule has 0 unspecified atom stereocenters. The van der Waals surface area contributed by atoms with Gasteiger partial charge in [0.2, 0.25) is 0 Å². The molecule has 1 aliphatic rings. The third kappa shape index (κ3) is 6.54. The summed E-state index contributed by atoms with van der Waals surface area (Å²) in [7, 11) is 1.28. The SMILES string of the molecule is COC(=O)c1c(Cl)cccc1Oc1cnc(N)cc1-c1ccc(N2CCN(C(=O)OC(C)(C)C)[C@@H](C)C2)cc1. The molecule has 39 heavy (non-hydrogen) atoms. The van der Waals surface area contributed by atoms with Gasteiger partial charge in [0.1, 0.15) is 22.7 Å². The van der Waals surface area contributed by atoms with E-state index in [1.165, 1.54) is 13.3 Å². The molecule has 4 rings (SSSR count). The molecule has 9 nitrogen and oxygen atoms in total. The average molecular weight is 553 g/mol. The molecular formula is C29H33ClN4O5. The number of ether oxygens (including phenoxy) is 3. The zero-order chi connectivity index (χ0) is 28.3. The predicted octanol–water partition coefficient (Wildman–Crippen LogP) is 6.01. The maximum Gasteiger partial charge on any atom is 0.410 e. The third-order valence-electron chi connectivity index (χ3n) is 6.27. The van der Waals surface area contributed by atoms with Gasteiger partial charge < -0.3 is 29.7 Å². The summed E-state index contributed by atoms with van der Waals surface area (Å²) in [6.45, 7) is 9.56. The number of benzene rings is 2. The Labute approximate surface area is 233 Å². The number of esters is 1. The van der Waals surface area contributed by atoms with E-state index in [0.717, 1.165) is 11.3 Å². The monoisotopic (exact) mass is 552 g/mol. The van der Waals surface area contributed by atoms with Crippen LogP contribution in [-0.2, 0) is 9.47 Å². The number of halogens is 1. The van der Waals surface area contributed by atoms with Crippen LogP contribution in [0, 0.1) is 0 Å². The van der Waals surface area contributed by atoms with E-state index in [0.29, 0.717) is 36.8 Å². The highest BCUT2D eigenvalue weighted by Gasteiger charge is 2.31. The van der Waals surface area contributed by atoms with Crippen molar-refractivity contribution in [2.45, 2.75) is 39.3 Å². The summed E-state index contributed by atoms with van der Waals surface area (Å²) in [6.07, 6.45) is 1.22. The fourth-order valence-corrected chi connectivity index (χ4v) is 4.65. The van der Waals surface area contributed by atoms with Gasteiger partial charge in [-0.25, -0.2) is 14.6 Å². The molecule has 0 aliphatic carbocycles. The largest absolute Gasteiger partial charge is 0.465 e. The van der Waals surface area contributed by atoms with E-state index >= 15 is 0 Å². The van der Waals surface area contributed by atoms with Crippen LogP contribution in [0.25, 0.3) is 11.1 Å². The van der Waals surface area contributed by atoms with Crippen LogP contribution in [0.4, 0.5) is 16.3 Å². The molecule has 2 heterocycles. The topological polar surface area (TPSA) is 107 Å². The van der Waals surface area contributed by atoms with Crippen molar-refractivity contribution >= 4 is 35.2 Å². The third-order valence-corrected chi connectivity index (χ3v) is 6.59. The fourth-order valence-electron chi connectivity index (χ4n) is 4.41. The average Bonchev–Trinajstić information content (AvgIpc) is 2.88. The normalized spacial score (nSPS) is 15.6. The smallest absolute Gasteiger partial charge is 0.410 e. The number of hydrogen-bond acceptors (Lipinski definition) is 8. The minimum absolute atomic E-state index is 0.00465. The Kier molecular flexibility index (Phi) is 8.20. The maximum atomic E-state index is 12.6. The Bertz CT molecular complexity index is 1360. The standard InChI is InChI=1S/C29H33ClN4O5/c1-18-17-33(13-14-34(18)28(36)39-29(2,3)4)20-11-9-19(10-12-20)21-15-25(31)32-16-24(21)38-23-8-6-7-22(30)26(23)27(35)37-5/h6-12,15-16,18H,13-14,17H2,1-5H3,(H2,31,32)/t18-/m0/s1. The molecule has 0 spiro atoms. The lowest BCUT2D eigenvalue weighted by Crippen LogP contribution is -2.55. The Hall–Kier alpha value is -3.98. The first kappa shape index (κ1) is 28.0. The Balaban J connectivity index is 1.54. The van der Waals surface area contributed by atoms with E-state index < -0.39 is 11.6 Å². The van der Waals surface area contributed by atoms with E-state index in [2.05, 4.69) is 9.88 Å². The summed E-state index contributed by atoms with van der Waals surface area (Å²) in [5, 5.41) is 0.217. The van der Waals surface area contributed by atoms with Crippen LogP contribution in [0.5, 0.6) is 11.5 Å². The lowest BCUT2D eigenvalue weighted by molar-refractivity contribution is 0.0159. The highest BCUT2D eigenvalue weighted by atomic mass is 35.5. The molecule has 1 saturated heterocycles. The number of methoxy groups -OCH3 is 1. The summed E-state index contributed by atoms with van der Waals surface area (Å²) < 4.78 is 16.6. The Morgan fingerprint density at radius 2 is 1.79 bits per heavy atom. The van der Waals surface area contributed by atoms with Crippen LogP contribution in [-0.4, -0.2) is 60.3 Å². The number of nitrogens with two attached hydrogens (primary N) is 1. The van der Waals surface area contributed by atoms with Crippen LogP contribution in [0.15, 0.2) is 54.7 Å².